The topological polar surface area (TPSA) is 563 Å². The van der Waals surface area contributed by atoms with Gasteiger partial charge in [-0.3, -0.25) is 65.0 Å². The summed E-state index contributed by atoms with van der Waals surface area (Å²) in [5.41, 5.74) is 22.9. The van der Waals surface area contributed by atoms with Gasteiger partial charge in [0.1, 0.15) is 91.3 Å². The molecule has 0 aromatic carbocycles. The van der Waals surface area contributed by atoms with Crippen LogP contribution in [0.3, 0.4) is 0 Å². The molecule has 8 aromatic heterocycles. The molecule has 12 heterocycles. The number of anilines is 4. The largest absolute Gasteiger partial charge is 0.472 e. The van der Waals surface area contributed by atoms with Gasteiger partial charge in [0, 0.05) is 25.7 Å². The number of aliphatic hydroxyl groups is 2. The van der Waals surface area contributed by atoms with Gasteiger partial charge in [0.25, 0.3) is 11.1 Å². The minimum absolute atomic E-state index is 0.0161. The second kappa shape index (κ2) is 21.9. The van der Waals surface area contributed by atoms with Crippen molar-refractivity contribution < 1.29 is 84.7 Å². The molecular formula is C40H49N20O20P3. The summed E-state index contributed by atoms with van der Waals surface area (Å²) in [5.74, 6) is -0.382. The molecule has 8 aromatic rings. The Bertz CT molecular complexity index is 4030. The number of fused-ring (bicyclic) bond motifs is 4. The number of aromatic amines is 2. The number of hydrogen-bond donors (Lipinski definition) is 11. The Morgan fingerprint density at radius 1 is 0.506 bits per heavy atom. The van der Waals surface area contributed by atoms with Crippen molar-refractivity contribution in [3.63, 3.8) is 0 Å². The van der Waals surface area contributed by atoms with Gasteiger partial charge in [-0.05, 0) is 0 Å². The Morgan fingerprint density at radius 2 is 0.855 bits per heavy atom. The molecule has 83 heavy (non-hydrogen) atoms. The van der Waals surface area contributed by atoms with Crippen molar-refractivity contribution in [3.8, 4) is 0 Å². The molecule has 15 atom stereocenters. The van der Waals surface area contributed by atoms with Crippen molar-refractivity contribution in [3.05, 3.63) is 58.7 Å². The van der Waals surface area contributed by atoms with Gasteiger partial charge in [-0.1, -0.05) is 0 Å². The van der Waals surface area contributed by atoms with Gasteiger partial charge in [-0.2, -0.15) is 9.97 Å². The van der Waals surface area contributed by atoms with E-state index in [4.69, 9.17) is 69.0 Å². The number of aliphatic hydroxyl groups excluding tert-OH is 2. The van der Waals surface area contributed by atoms with Gasteiger partial charge in [0.2, 0.25) is 11.9 Å². The normalized spacial score (nSPS) is 28.9. The first-order valence-electron chi connectivity index (χ1n) is 24.8. The van der Waals surface area contributed by atoms with Gasteiger partial charge in [-0.15, -0.1) is 0 Å². The van der Waals surface area contributed by atoms with E-state index in [-0.39, 0.29) is 93.9 Å². The lowest BCUT2D eigenvalue weighted by Gasteiger charge is -2.25. The number of H-pyrrole nitrogens is 2. The fraction of sp³-hybridized carbons (Fsp3) is 0.500. The molecule has 0 amide bonds. The van der Waals surface area contributed by atoms with Gasteiger partial charge < -0.3 is 66.8 Å². The zero-order chi connectivity index (χ0) is 58.3. The summed E-state index contributed by atoms with van der Waals surface area (Å²) in [5, 5.41) is 21.1. The molecule has 0 spiro atoms. The van der Waals surface area contributed by atoms with E-state index in [0.29, 0.717) is 0 Å². The Kier molecular flexibility index (Phi) is 14.9. The molecule has 3 unspecified atom stereocenters. The highest BCUT2D eigenvalue weighted by atomic mass is 31.2. The third-order valence-corrected chi connectivity index (χ3v) is 16.9. The molecule has 0 aliphatic carbocycles. The zero-order valence-electron chi connectivity index (χ0n) is 42.3. The van der Waals surface area contributed by atoms with E-state index < -0.39 is 135 Å². The van der Waals surface area contributed by atoms with Crippen LogP contribution in [-0.4, -0.2) is 178 Å². The summed E-state index contributed by atoms with van der Waals surface area (Å²) in [4.78, 5) is 104. The zero-order valence-corrected chi connectivity index (χ0v) is 45.0. The molecule has 40 nitrogen and oxygen atoms in total. The highest BCUT2D eigenvalue weighted by molar-refractivity contribution is 7.48. The molecular weight excluding hydrogens is 1170 g/mol. The van der Waals surface area contributed by atoms with Crippen LogP contribution in [0.5, 0.6) is 0 Å². The Balaban J connectivity index is 0.738. The molecule has 4 fully saturated rings. The SMILES string of the molecule is Nc1nc2c(ncn2[C@H]2C[C@H](OP(=O)(O)OC[C@H]3O[C@@H](n4cnc5c(N)ncnc54)C[C@@H]3OP(=O)(O)OC[C@H]3O[C@@H](n4cnc5c(N)ncnc54)C[C@@H]3OP(=O)(O)OC[C@H]3O[C@@H](n4cnc5c(=O)[nH]c(N)nc54)C[C@@H]3O)[C@@H](CO)O2)c(=O)[nH]1. The second-order valence-electron chi connectivity index (χ2n) is 19.2. The number of phosphoric ester groups is 3. The van der Waals surface area contributed by atoms with Crippen LogP contribution in [0.2, 0.25) is 0 Å². The third-order valence-electron chi connectivity index (χ3n) is 13.9. The maximum Gasteiger partial charge on any atom is 0.472 e. The van der Waals surface area contributed by atoms with E-state index >= 15 is 0 Å². The second-order valence-corrected chi connectivity index (χ2v) is 23.4. The summed E-state index contributed by atoms with van der Waals surface area (Å²) in [6, 6.07) is 0. The van der Waals surface area contributed by atoms with E-state index in [2.05, 4.69) is 59.8 Å². The van der Waals surface area contributed by atoms with Crippen molar-refractivity contribution in [1.29, 1.82) is 0 Å². The van der Waals surface area contributed by atoms with Gasteiger partial charge >= 0.3 is 23.5 Å². The smallest absolute Gasteiger partial charge is 0.394 e. The van der Waals surface area contributed by atoms with Crippen LogP contribution in [0, 0.1) is 0 Å². The lowest BCUT2D eigenvalue weighted by atomic mass is 10.2. The lowest BCUT2D eigenvalue weighted by Crippen LogP contribution is -2.31. The first-order valence-corrected chi connectivity index (χ1v) is 29.3. The van der Waals surface area contributed by atoms with Crippen molar-refractivity contribution in [1.82, 2.24) is 78.1 Å². The van der Waals surface area contributed by atoms with E-state index in [1.54, 1.807) is 0 Å². The highest BCUT2D eigenvalue weighted by Gasteiger charge is 2.49. The van der Waals surface area contributed by atoms with Crippen LogP contribution >= 0.6 is 23.5 Å². The molecule has 43 heteroatoms. The van der Waals surface area contributed by atoms with Crippen molar-refractivity contribution in [2.75, 3.05) is 49.4 Å². The molecule has 4 aliphatic rings. The maximum atomic E-state index is 14.1. The summed E-state index contributed by atoms with van der Waals surface area (Å²) < 4.78 is 104. The number of nitrogens with two attached hydrogens (primary N) is 4. The van der Waals surface area contributed by atoms with Gasteiger partial charge in [0.05, 0.1) is 57.8 Å². The van der Waals surface area contributed by atoms with Crippen LogP contribution in [0.1, 0.15) is 50.6 Å². The first-order chi connectivity index (χ1) is 39.6. The molecule has 4 saturated heterocycles. The standard InChI is InChI=1S/C40H49N20O20P3/c41-31-27-33(47-9-45-31)57(11-49-27)24-3-17(79-81(65,66)71-6-20-15(62)1-23(75-20)59-13-51-29-35(59)53-39(43)55-37(29)63)22(77-24)8-73-83(69,70)80-18-4-25(58-12-50-28-32(42)46-10-48-34(28)58)76-21(18)7-72-82(67,68)78-16-2-26(74-19(16)5-61)60-14-52-30-36(60)54-40(44)56-38(30)64/h9-26,61-62H,1-8H2,(H,65,66)(H,67,68)(H,69,70)(H2,41,45,47)(H2,42,46,48)(H3,43,53,55,63)(H3,44,54,56,64)/t15-,16-,17-,18-,19+,20+,21+,22+,23+,24+,25+,26+/m0/s1. The molecule has 0 radical (unpaired) electrons. The number of phosphoric acid groups is 3. The molecule has 4 aliphatic heterocycles. The summed E-state index contributed by atoms with van der Waals surface area (Å²) in [6.45, 7) is -3.14. The van der Waals surface area contributed by atoms with Crippen LogP contribution in [0.25, 0.3) is 44.7 Å². The summed E-state index contributed by atoms with van der Waals surface area (Å²) in [6.07, 6.45) is -8.59. The number of imidazole rings is 4. The summed E-state index contributed by atoms with van der Waals surface area (Å²) >= 11 is 0. The number of nitrogens with one attached hydrogen (secondary N) is 2. The molecule has 444 valence electrons. The van der Waals surface area contributed by atoms with Crippen molar-refractivity contribution in [2.24, 2.45) is 0 Å². The van der Waals surface area contributed by atoms with Crippen LogP contribution in [0.15, 0.2) is 47.6 Å². The molecule has 12 rings (SSSR count). The van der Waals surface area contributed by atoms with E-state index in [0.717, 1.165) is 12.7 Å². The Morgan fingerprint density at radius 3 is 1.28 bits per heavy atom. The fourth-order valence-electron chi connectivity index (χ4n) is 10.0. The minimum Gasteiger partial charge on any atom is -0.394 e. The number of aromatic nitrogens is 16. The molecule has 0 bridgehead atoms. The van der Waals surface area contributed by atoms with E-state index in [9.17, 15) is 48.2 Å². The monoisotopic (exact) mass is 1220 g/mol. The Labute approximate surface area is 460 Å². The first kappa shape index (κ1) is 56.6. The fourth-order valence-corrected chi connectivity index (χ4v) is 12.9. The molecule has 0 saturated carbocycles. The van der Waals surface area contributed by atoms with Crippen molar-refractivity contribution in [2.45, 2.75) is 99.4 Å². The van der Waals surface area contributed by atoms with E-state index in [1.807, 2.05) is 0 Å². The lowest BCUT2D eigenvalue weighted by molar-refractivity contribution is -0.0620. The van der Waals surface area contributed by atoms with Crippen molar-refractivity contribution >= 4 is 91.7 Å². The highest BCUT2D eigenvalue weighted by Crippen LogP contribution is 2.54. The minimum atomic E-state index is -5.32. The average Bonchev–Trinajstić information content (AvgIpc) is 3.29. The molecule has 15 N–H and O–H groups in total. The van der Waals surface area contributed by atoms with E-state index in [1.165, 1.54) is 43.6 Å². The van der Waals surface area contributed by atoms with Gasteiger partial charge in [-0.25, -0.2) is 53.6 Å². The number of ether oxygens (including phenoxy) is 4. The number of hydrogen-bond acceptors (Lipinski definition) is 31. The van der Waals surface area contributed by atoms with Crippen LogP contribution < -0.4 is 34.1 Å². The van der Waals surface area contributed by atoms with Crippen LogP contribution in [-0.2, 0) is 59.8 Å². The number of nitrogen functional groups attached to an aromatic ring is 4. The van der Waals surface area contributed by atoms with Gasteiger partial charge in [0.15, 0.2) is 45.3 Å². The Hall–Kier alpha value is -6.91. The third kappa shape index (κ3) is 11.3. The van der Waals surface area contributed by atoms with Crippen LogP contribution in [0.4, 0.5) is 23.5 Å². The maximum absolute atomic E-state index is 14.1. The predicted molar refractivity (Wildman–Crippen MR) is 274 cm³/mol. The number of rotatable bonds is 20. The summed E-state index contributed by atoms with van der Waals surface area (Å²) in [7, 11) is -15.6. The number of nitrogens with zero attached hydrogens (tertiary/aromatic N) is 14. The quantitative estimate of drug-likeness (QED) is 0.0378. The predicted octanol–water partition coefficient (Wildman–Crippen LogP) is -1.73. The average molecular weight is 1220 g/mol.